The van der Waals surface area contributed by atoms with Crippen molar-refractivity contribution in [1.29, 1.82) is 0 Å². The lowest BCUT2D eigenvalue weighted by atomic mass is 10.2. The van der Waals surface area contributed by atoms with Crippen LogP contribution in [0.5, 0.6) is 5.75 Å². The summed E-state index contributed by atoms with van der Waals surface area (Å²) in [6.45, 7) is 1.36. The van der Waals surface area contributed by atoms with Crippen molar-refractivity contribution in [2.75, 3.05) is 6.26 Å². The third-order valence-corrected chi connectivity index (χ3v) is 5.33. The highest BCUT2D eigenvalue weighted by atomic mass is 35.5. The van der Waals surface area contributed by atoms with Crippen LogP contribution in [0.3, 0.4) is 0 Å². The Morgan fingerprint density at radius 2 is 1.89 bits per heavy atom. The van der Waals surface area contributed by atoms with Gasteiger partial charge in [-0.05, 0) is 25.1 Å². The van der Waals surface area contributed by atoms with Gasteiger partial charge in [-0.3, -0.25) is 13.3 Å². The predicted molar refractivity (Wildman–Crippen MR) is 101 cm³/mol. The SMILES string of the molecule is Cc1cc(OCc2ccc(F)cc2F)c(Cl)c(=O)n1-c1ccn(S(C)(=O)=O)c1. The summed E-state index contributed by atoms with van der Waals surface area (Å²) in [5, 5.41) is -0.250. The molecule has 0 N–H and O–H groups in total. The van der Waals surface area contributed by atoms with Gasteiger partial charge in [0.2, 0.25) is 10.0 Å². The maximum absolute atomic E-state index is 13.7. The van der Waals surface area contributed by atoms with Gasteiger partial charge < -0.3 is 4.74 Å². The first-order valence-corrected chi connectivity index (χ1v) is 10.2. The number of nitrogens with zero attached hydrogens (tertiary/aromatic N) is 2. The van der Waals surface area contributed by atoms with E-state index in [1.54, 1.807) is 6.92 Å². The summed E-state index contributed by atoms with van der Waals surface area (Å²) in [6, 6.07) is 6.00. The van der Waals surface area contributed by atoms with Crippen molar-refractivity contribution in [3.63, 3.8) is 0 Å². The summed E-state index contributed by atoms with van der Waals surface area (Å²) in [5.74, 6) is -1.45. The van der Waals surface area contributed by atoms with Crippen molar-refractivity contribution < 1.29 is 21.9 Å². The molecule has 0 atom stereocenters. The largest absolute Gasteiger partial charge is 0.487 e. The van der Waals surface area contributed by atoms with E-state index in [0.29, 0.717) is 11.4 Å². The fraction of sp³-hybridized carbons (Fsp3) is 0.167. The lowest BCUT2D eigenvalue weighted by molar-refractivity contribution is 0.298. The Kier molecular flexibility index (Phi) is 5.31. The molecule has 148 valence electrons. The zero-order valence-electron chi connectivity index (χ0n) is 14.8. The molecule has 10 heteroatoms. The molecular formula is C18H15ClF2N2O4S. The maximum atomic E-state index is 13.7. The molecule has 0 unspecified atom stereocenters. The zero-order chi connectivity index (χ0) is 20.6. The van der Waals surface area contributed by atoms with E-state index in [-0.39, 0.29) is 22.9 Å². The molecule has 0 amide bonds. The normalized spacial score (nSPS) is 11.6. The molecule has 0 fully saturated rings. The van der Waals surface area contributed by atoms with Crippen LogP contribution < -0.4 is 10.3 Å². The van der Waals surface area contributed by atoms with E-state index in [1.165, 1.54) is 35.2 Å². The van der Waals surface area contributed by atoms with Crippen molar-refractivity contribution in [2.45, 2.75) is 13.5 Å². The number of ether oxygens (including phenoxy) is 1. The van der Waals surface area contributed by atoms with Gasteiger partial charge in [0.05, 0.1) is 11.9 Å². The van der Waals surface area contributed by atoms with E-state index >= 15 is 0 Å². The molecule has 0 aliphatic rings. The minimum Gasteiger partial charge on any atom is -0.487 e. The minimum absolute atomic E-state index is 0.0340. The molecule has 0 aliphatic carbocycles. The van der Waals surface area contributed by atoms with Gasteiger partial charge in [-0.1, -0.05) is 11.6 Å². The van der Waals surface area contributed by atoms with Gasteiger partial charge in [0.15, 0.2) is 0 Å². The molecule has 0 radical (unpaired) electrons. The Hall–Kier alpha value is -2.65. The molecule has 0 saturated carbocycles. The van der Waals surface area contributed by atoms with Crippen LogP contribution >= 0.6 is 11.6 Å². The molecule has 28 heavy (non-hydrogen) atoms. The van der Waals surface area contributed by atoms with Crippen LogP contribution in [0.15, 0.2) is 47.5 Å². The molecule has 0 aliphatic heterocycles. The van der Waals surface area contributed by atoms with Crippen LogP contribution in [-0.4, -0.2) is 23.2 Å². The Morgan fingerprint density at radius 3 is 2.50 bits per heavy atom. The highest BCUT2D eigenvalue weighted by Gasteiger charge is 2.16. The van der Waals surface area contributed by atoms with Crippen molar-refractivity contribution in [2.24, 2.45) is 0 Å². The van der Waals surface area contributed by atoms with Crippen LogP contribution in [0, 0.1) is 18.6 Å². The summed E-state index contributed by atoms with van der Waals surface area (Å²) in [7, 11) is -3.50. The van der Waals surface area contributed by atoms with Crippen molar-refractivity contribution in [3.05, 3.63) is 81.0 Å². The molecule has 6 nitrogen and oxygen atoms in total. The number of pyridine rings is 1. The predicted octanol–water partition coefficient (Wildman–Crippen LogP) is 3.27. The molecule has 2 aromatic heterocycles. The molecule has 0 spiro atoms. The third kappa shape index (κ3) is 3.95. The molecule has 3 rings (SSSR count). The summed E-state index contributed by atoms with van der Waals surface area (Å²) in [5.41, 5.74) is 0.216. The van der Waals surface area contributed by atoms with Crippen molar-refractivity contribution >= 4 is 21.6 Å². The molecule has 0 saturated heterocycles. The van der Waals surface area contributed by atoms with E-state index < -0.39 is 27.2 Å². The summed E-state index contributed by atoms with van der Waals surface area (Å²) in [4.78, 5) is 12.7. The lowest BCUT2D eigenvalue weighted by Crippen LogP contribution is -2.21. The van der Waals surface area contributed by atoms with Crippen molar-refractivity contribution in [3.8, 4) is 11.4 Å². The highest BCUT2D eigenvalue weighted by molar-refractivity contribution is 7.89. The van der Waals surface area contributed by atoms with E-state index in [1.807, 2.05) is 0 Å². The molecule has 3 aromatic rings. The maximum Gasteiger partial charge on any atom is 0.277 e. The average Bonchev–Trinajstić information content (AvgIpc) is 3.08. The zero-order valence-corrected chi connectivity index (χ0v) is 16.4. The Bertz CT molecular complexity index is 1220. The fourth-order valence-electron chi connectivity index (χ4n) is 2.61. The topological polar surface area (TPSA) is 70.3 Å². The number of halogens is 3. The molecule has 2 heterocycles. The standard InChI is InChI=1S/C18H15ClF2N2O4S/c1-11-7-16(27-10-12-3-4-13(20)8-15(12)21)17(19)18(24)23(11)14-5-6-22(9-14)28(2,25)26/h3-9H,10H2,1-2H3. The summed E-state index contributed by atoms with van der Waals surface area (Å²) >= 11 is 6.11. The van der Waals surface area contributed by atoms with E-state index in [0.717, 1.165) is 22.4 Å². The first-order chi connectivity index (χ1) is 13.1. The van der Waals surface area contributed by atoms with E-state index in [2.05, 4.69) is 0 Å². The number of benzene rings is 1. The van der Waals surface area contributed by atoms with Crippen LogP contribution in [0.25, 0.3) is 5.69 Å². The van der Waals surface area contributed by atoms with Gasteiger partial charge >= 0.3 is 0 Å². The van der Waals surface area contributed by atoms with Gasteiger partial charge in [0.25, 0.3) is 5.56 Å². The van der Waals surface area contributed by atoms with Crippen molar-refractivity contribution in [1.82, 2.24) is 8.54 Å². The first kappa shape index (κ1) is 20.1. The summed E-state index contributed by atoms with van der Waals surface area (Å²) in [6.07, 6.45) is 3.63. The first-order valence-electron chi connectivity index (χ1n) is 7.95. The quantitative estimate of drug-likeness (QED) is 0.625. The smallest absolute Gasteiger partial charge is 0.277 e. The molecule has 0 bridgehead atoms. The number of hydrogen-bond acceptors (Lipinski definition) is 4. The van der Waals surface area contributed by atoms with Crippen LogP contribution in [0.2, 0.25) is 5.02 Å². The Morgan fingerprint density at radius 1 is 1.18 bits per heavy atom. The van der Waals surface area contributed by atoms with Gasteiger partial charge in [-0.15, -0.1) is 0 Å². The Balaban J connectivity index is 1.94. The van der Waals surface area contributed by atoms with E-state index in [4.69, 9.17) is 16.3 Å². The van der Waals surface area contributed by atoms with E-state index in [9.17, 15) is 22.0 Å². The van der Waals surface area contributed by atoms with Gasteiger partial charge in [0, 0.05) is 35.8 Å². The third-order valence-electron chi connectivity index (χ3n) is 3.99. The van der Waals surface area contributed by atoms with Gasteiger partial charge in [0.1, 0.15) is 29.0 Å². The molecular weight excluding hydrogens is 414 g/mol. The number of aromatic nitrogens is 2. The number of rotatable bonds is 5. The number of aryl methyl sites for hydroxylation is 1. The minimum atomic E-state index is -3.50. The highest BCUT2D eigenvalue weighted by Crippen LogP contribution is 2.25. The van der Waals surface area contributed by atoms with Crippen LogP contribution in [-0.2, 0) is 16.6 Å². The average molecular weight is 429 g/mol. The Labute approximate surface area is 164 Å². The number of hydrogen-bond donors (Lipinski definition) is 0. The second kappa shape index (κ2) is 7.40. The second-order valence-corrected chi connectivity index (χ2v) is 8.36. The van der Waals surface area contributed by atoms with Gasteiger partial charge in [-0.25, -0.2) is 17.2 Å². The second-order valence-electron chi connectivity index (χ2n) is 6.09. The lowest BCUT2D eigenvalue weighted by Gasteiger charge is -2.13. The summed E-state index contributed by atoms with van der Waals surface area (Å²) < 4.78 is 57.6. The van der Waals surface area contributed by atoms with Crippen LogP contribution in [0.4, 0.5) is 8.78 Å². The van der Waals surface area contributed by atoms with Gasteiger partial charge in [-0.2, -0.15) is 0 Å². The fourth-order valence-corrected chi connectivity index (χ4v) is 3.38. The monoisotopic (exact) mass is 428 g/mol. The molecule has 1 aromatic carbocycles. The van der Waals surface area contributed by atoms with Crippen LogP contribution in [0.1, 0.15) is 11.3 Å².